The van der Waals surface area contributed by atoms with Crippen LogP contribution < -0.4 is 0 Å². The Labute approximate surface area is 140 Å². The van der Waals surface area contributed by atoms with E-state index < -0.39 is 10.0 Å². The van der Waals surface area contributed by atoms with E-state index in [0.29, 0.717) is 24.4 Å². The second-order valence-electron chi connectivity index (χ2n) is 5.77. The third kappa shape index (κ3) is 2.64. The van der Waals surface area contributed by atoms with Gasteiger partial charge >= 0.3 is 0 Å². The van der Waals surface area contributed by atoms with Gasteiger partial charge in [0.2, 0.25) is 10.0 Å². The molecule has 5 nitrogen and oxygen atoms in total. The summed E-state index contributed by atoms with van der Waals surface area (Å²) >= 11 is 0. The highest BCUT2D eigenvalue weighted by atomic mass is 32.2. The van der Waals surface area contributed by atoms with Gasteiger partial charge in [0.15, 0.2) is 0 Å². The molecule has 3 heterocycles. The van der Waals surface area contributed by atoms with Crippen LogP contribution in [0.2, 0.25) is 0 Å². The minimum absolute atomic E-state index is 0.344. The van der Waals surface area contributed by atoms with Gasteiger partial charge < -0.3 is 4.98 Å². The Morgan fingerprint density at radius 1 is 1.08 bits per heavy atom. The molecule has 0 saturated heterocycles. The van der Waals surface area contributed by atoms with Gasteiger partial charge in [-0.2, -0.15) is 4.31 Å². The highest BCUT2D eigenvalue weighted by Crippen LogP contribution is 2.27. The van der Waals surface area contributed by atoms with Crippen molar-refractivity contribution < 1.29 is 8.42 Å². The molecule has 0 bridgehead atoms. The number of pyridine rings is 1. The maximum atomic E-state index is 12.7. The van der Waals surface area contributed by atoms with Gasteiger partial charge in [-0.05, 0) is 42.3 Å². The summed E-state index contributed by atoms with van der Waals surface area (Å²) in [5.41, 5.74) is 4.06. The van der Waals surface area contributed by atoms with E-state index in [-0.39, 0.29) is 0 Å². The molecule has 0 spiro atoms. The molecule has 1 aliphatic rings. The number of hydrogen-bond acceptors (Lipinski definition) is 3. The smallest absolute Gasteiger partial charge is 0.243 e. The number of benzene rings is 1. The maximum Gasteiger partial charge on any atom is 0.243 e. The topological polar surface area (TPSA) is 66.1 Å². The van der Waals surface area contributed by atoms with Crippen LogP contribution >= 0.6 is 0 Å². The van der Waals surface area contributed by atoms with Crippen molar-refractivity contribution in [2.24, 2.45) is 0 Å². The molecule has 122 valence electrons. The summed E-state index contributed by atoms with van der Waals surface area (Å²) in [4.78, 5) is 8.02. The Kier molecular flexibility index (Phi) is 3.70. The fourth-order valence-corrected chi connectivity index (χ4v) is 4.39. The molecule has 0 unspecified atom stereocenters. The van der Waals surface area contributed by atoms with Crippen LogP contribution in [0.5, 0.6) is 0 Å². The molecule has 0 fully saturated rings. The predicted molar refractivity (Wildman–Crippen MR) is 93.9 cm³/mol. The van der Waals surface area contributed by atoms with E-state index in [9.17, 15) is 8.42 Å². The Morgan fingerprint density at radius 2 is 1.92 bits per heavy atom. The fourth-order valence-electron chi connectivity index (χ4n) is 2.98. The molecule has 1 aromatic carbocycles. The lowest BCUT2D eigenvalue weighted by atomic mass is 10.1. The second-order valence-corrected chi connectivity index (χ2v) is 7.71. The molecule has 0 aliphatic carbocycles. The van der Waals surface area contributed by atoms with Crippen molar-refractivity contribution in [1.29, 1.82) is 0 Å². The number of rotatable bonds is 3. The molecule has 4 rings (SSSR count). The highest BCUT2D eigenvalue weighted by Gasteiger charge is 2.26. The lowest BCUT2D eigenvalue weighted by molar-refractivity contribution is 0.441. The largest absolute Gasteiger partial charge is 0.353 e. The summed E-state index contributed by atoms with van der Waals surface area (Å²) in [6.45, 7) is 0.862. The Morgan fingerprint density at radius 3 is 2.62 bits per heavy atom. The van der Waals surface area contributed by atoms with Crippen molar-refractivity contribution >= 4 is 26.6 Å². The zero-order valence-corrected chi connectivity index (χ0v) is 13.8. The third-order valence-corrected chi connectivity index (χ3v) is 6.17. The van der Waals surface area contributed by atoms with E-state index in [4.69, 9.17) is 0 Å². The lowest BCUT2D eigenvalue weighted by Crippen LogP contribution is -2.34. The first-order chi connectivity index (χ1) is 11.6. The van der Waals surface area contributed by atoms with E-state index in [0.717, 1.165) is 22.3 Å². The van der Waals surface area contributed by atoms with Gasteiger partial charge in [0, 0.05) is 25.0 Å². The standard InChI is InChI=1S/C18H17N3O2S/c22-24(23,15-5-2-1-3-6-15)21-11-8-14(9-12-21)17-13-18-16(20-17)7-4-10-19-18/h1-8,10,13,20H,9,11-12H2. The van der Waals surface area contributed by atoms with Crippen molar-refractivity contribution in [3.8, 4) is 0 Å². The number of aromatic nitrogens is 2. The van der Waals surface area contributed by atoms with Crippen LogP contribution in [0, 0.1) is 0 Å². The maximum absolute atomic E-state index is 12.7. The van der Waals surface area contributed by atoms with Gasteiger partial charge in [0.25, 0.3) is 0 Å². The summed E-state index contributed by atoms with van der Waals surface area (Å²) in [6.07, 6.45) is 4.43. The van der Waals surface area contributed by atoms with Crippen molar-refractivity contribution in [2.45, 2.75) is 11.3 Å². The minimum atomic E-state index is -3.43. The highest BCUT2D eigenvalue weighted by molar-refractivity contribution is 7.89. The van der Waals surface area contributed by atoms with Crippen LogP contribution in [0.25, 0.3) is 16.6 Å². The second kappa shape index (κ2) is 5.89. The molecule has 1 N–H and O–H groups in total. The Hall–Kier alpha value is -2.44. The SMILES string of the molecule is O=S(=O)(c1ccccc1)N1CC=C(c2cc3ncccc3[nH]2)CC1. The van der Waals surface area contributed by atoms with Crippen LogP contribution in [0.3, 0.4) is 0 Å². The average Bonchev–Trinajstić information content (AvgIpc) is 3.07. The van der Waals surface area contributed by atoms with E-state index in [1.54, 1.807) is 30.5 Å². The molecule has 6 heteroatoms. The summed E-state index contributed by atoms with van der Waals surface area (Å²) in [5, 5.41) is 0. The normalized spacial score (nSPS) is 16.2. The number of aromatic amines is 1. The first kappa shape index (κ1) is 15.1. The summed E-state index contributed by atoms with van der Waals surface area (Å²) in [5.74, 6) is 0. The first-order valence-electron chi connectivity index (χ1n) is 7.83. The molecule has 3 aromatic rings. The van der Waals surface area contributed by atoms with Gasteiger partial charge in [-0.3, -0.25) is 4.98 Å². The van der Waals surface area contributed by atoms with E-state index >= 15 is 0 Å². The summed E-state index contributed by atoms with van der Waals surface area (Å²) in [7, 11) is -3.43. The van der Waals surface area contributed by atoms with Crippen LogP contribution in [0.1, 0.15) is 12.1 Å². The number of fused-ring (bicyclic) bond motifs is 1. The molecule has 2 aromatic heterocycles. The van der Waals surface area contributed by atoms with Gasteiger partial charge in [0.05, 0.1) is 15.9 Å². The van der Waals surface area contributed by atoms with Crippen molar-refractivity contribution in [2.75, 3.05) is 13.1 Å². The first-order valence-corrected chi connectivity index (χ1v) is 9.27. The zero-order chi connectivity index (χ0) is 16.6. The Bertz CT molecular complexity index is 974. The van der Waals surface area contributed by atoms with E-state index in [1.807, 2.05) is 30.3 Å². The number of nitrogens with zero attached hydrogens (tertiary/aromatic N) is 2. The lowest BCUT2D eigenvalue weighted by Gasteiger charge is -2.25. The molecule has 1 aliphatic heterocycles. The van der Waals surface area contributed by atoms with E-state index in [1.165, 1.54) is 4.31 Å². The zero-order valence-electron chi connectivity index (χ0n) is 13.0. The molecule has 0 amide bonds. The molecule has 24 heavy (non-hydrogen) atoms. The van der Waals surface area contributed by atoms with E-state index in [2.05, 4.69) is 9.97 Å². The monoisotopic (exact) mass is 339 g/mol. The number of hydrogen-bond donors (Lipinski definition) is 1. The Balaban J connectivity index is 1.59. The van der Waals surface area contributed by atoms with Gasteiger partial charge in [-0.15, -0.1) is 0 Å². The van der Waals surface area contributed by atoms with Crippen molar-refractivity contribution in [3.05, 3.63) is 66.5 Å². The van der Waals surface area contributed by atoms with Gasteiger partial charge in [-0.25, -0.2) is 8.42 Å². The van der Waals surface area contributed by atoms with Crippen LogP contribution in [0.15, 0.2) is 65.7 Å². The average molecular weight is 339 g/mol. The number of H-pyrrole nitrogens is 1. The number of nitrogens with one attached hydrogen (secondary N) is 1. The molecule has 0 atom stereocenters. The van der Waals surface area contributed by atoms with Crippen molar-refractivity contribution in [3.63, 3.8) is 0 Å². The number of sulfonamides is 1. The summed E-state index contributed by atoms with van der Waals surface area (Å²) < 4.78 is 26.8. The summed E-state index contributed by atoms with van der Waals surface area (Å²) in [6, 6.07) is 14.5. The van der Waals surface area contributed by atoms with Gasteiger partial charge in [0.1, 0.15) is 0 Å². The fraction of sp³-hybridized carbons (Fsp3) is 0.167. The van der Waals surface area contributed by atoms with Crippen LogP contribution in [0.4, 0.5) is 0 Å². The molecule has 0 saturated carbocycles. The molecular weight excluding hydrogens is 322 g/mol. The van der Waals surface area contributed by atoms with Gasteiger partial charge in [-0.1, -0.05) is 24.3 Å². The predicted octanol–water partition coefficient (Wildman–Crippen LogP) is 3.04. The van der Waals surface area contributed by atoms with Crippen LogP contribution in [-0.4, -0.2) is 35.8 Å². The molecule has 0 radical (unpaired) electrons. The van der Waals surface area contributed by atoms with Crippen LogP contribution in [-0.2, 0) is 10.0 Å². The van der Waals surface area contributed by atoms with Crippen molar-refractivity contribution in [1.82, 2.24) is 14.3 Å². The molecular formula is C18H17N3O2S. The minimum Gasteiger partial charge on any atom is -0.353 e. The third-order valence-electron chi connectivity index (χ3n) is 4.29. The quantitative estimate of drug-likeness (QED) is 0.797.